The number of nitro groups is 1. The Bertz CT molecular complexity index is 391. The normalized spacial score (nSPS) is 12.4. The van der Waals surface area contributed by atoms with Crippen molar-refractivity contribution in [2.45, 2.75) is 11.8 Å². The summed E-state index contributed by atoms with van der Waals surface area (Å²) in [4.78, 5) is 10.4. The number of nitrogens with zero attached hydrogens (tertiary/aromatic N) is 1. The summed E-state index contributed by atoms with van der Waals surface area (Å²) in [5, 5.41) is 10.6. The average Bonchev–Trinajstić information content (AvgIpc) is 2.16. The van der Waals surface area contributed by atoms with E-state index in [9.17, 15) is 14.3 Å². The summed E-state index contributed by atoms with van der Waals surface area (Å²) >= 11 is -1.63. The highest BCUT2D eigenvalue weighted by atomic mass is 32.2. The van der Waals surface area contributed by atoms with E-state index in [-0.39, 0.29) is 5.69 Å². The molecule has 0 aromatic heterocycles. The van der Waals surface area contributed by atoms with Gasteiger partial charge in [0.2, 0.25) is 0 Å². The Hall–Kier alpha value is -1.27. The van der Waals surface area contributed by atoms with Gasteiger partial charge < -0.3 is 0 Å². The summed E-state index contributed by atoms with van der Waals surface area (Å²) in [6.45, 7) is 1.55. The first kappa shape index (κ1) is 10.8. The van der Waals surface area contributed by atoms with Gasteiger partial charge in [0.25, 0.3) is 5.69 Å². The van der Waals surface area contributed by atoms with Crippen molar-refractivity contribution in [1.82, 2.24) is 0 Å². The highest BCUT2D eigenvalue weighted by molar-refractivity contribution is 7.80. The summed E-state index contributed by atoms with van der Waals surface area (Å²) in [5.41, 5.74) is 0.325. The minimum atomic E-state index is -1.63. The standard InChI is InChI=1S/C8H9NO4S/c1-6-7(9(10)11)4-3-5-8(6)14(12)13-2/h3-5H,1-2H3. The summed E-state index contributed by atoms with van der Waals surface area (Å²) in [5.74, 6) is 0. The smallest absolute Gasteiger partial charge is 0.273 e. The van der Waals surface area contributed by atoms with Crippen LogP contribution >= 0.6 is 0 Å². The molecule has 0 fully saturated rings. The predicted octanol–water partition coefficient (Wildman–Crippen LogP) is 1.57. The number of nitro benzene ring substituents is 1. The van der Waals surface area contributed by atoms with Crippen LogP contribution in [-0.4, -0.2) is 16.2 Å². The molecule has 0 saturated heterocycles. The number of benzene rings is 1. The molecule has 1 aromatic carbocycles. The largest absolute Gasteiger partial charge is 0.290 e. The van der Waals surface area contributed by atoms with E-state index in [0.717, 1.165) is 0 Å². The van der Waals surface area contributed by atoms with Crippen molar-refractivity contribution < 1.29 is 13.3 Å². The topological polar surface area (TPSA) is 69.4 Å². The third kappa shape index (κ3) is 1.97. The Kier molecular flexibility index (Phi) is 3.32. The van der Waals surface area contributed by atoms with Crippen LogP contribution in [-0.2, 0) is 15.3 Å². The van der Waals surface area contributed by atoms with Crippen LogP contribution in [0.1, 0.15) is 5.56 Å². The lowest BCUT2D eigenvalue weighted by atomic mass is 10.2. The van der Waals surface area contributed by atoms with Crippen LogP contribution in [0.3, 0.4) is 0 Å². The molecule has 0 heterocycles. The minimum Gasteiger partial charge on any atom is -0.290 e. The second-order valence-corrected chi connectivity index (χ2v) is 3.80. The molecule has 5 nitrogen and oxygen atoms in total. The second kappa shape index (κ2) is 4.30. The average molecular weight is 215 g/mol. The first-order valence-corrected chi connectivity index (χ1v) is 4.85. The van der Waals surface area contributed by atoms with Gasteiger partial charge in [-0.15, -0.1) is 0 Å². The van der Waals surface area contributed by atoms with Gasteiger partial charge in [0.05, 0.1) is 16.9 Å². The van der Waals surface area contributed by atoms with Gasteiger partial charge in [0.15, 0.2) is 11.1 Å². The molecule has 6 heteroatoms. The van der Waals surface area contributed by atoms with Gasteiger partial charge in [-0.25, -0.2) is 4.21 Å². The molecule has 0 aliphatic carbocycles. The Labute approximate surface area is 83.5 Å². The van der Waals surface area contributed by atoms with E-state index in [1.54, 1.807) is 13.0 Å². The van der Waals surface area contributed by atoms with E-state index in [1.807, 2.05) is 0 Å². The monoisotopic (exact) mass is 215 g/mol. The van der Waals surface area contributed by atoms with Crippen LogP contribution < -0.4 is 0 Å². The van der Waals surface area contributed by atoms with E-state index in [4.69, 9.17) is 0 Å². The first-order chi connectivity index (χ1) is 6.57. The molecule has 0 radical (unpaired) electrons. The lowest BCUT2D eigenvalue weighted by Gasteiger charge is -2.03. The zero-order valence-corrected chi connectivity index (χ0v) is 8.54. The fraction of sp³-hybridized carbons (Fsp3) is 0.250. The Morgan fingerprint density at radius 1 is 1.50 bits per heavy atom. The molecule has 76 valence electrons. The Morgan fingerprint density at radius 2 is 2.14 bits per heavy atom. The van der Waals surface area contributed by atoms with Crippen LogP contribution in [0.5, 0.6) is 0 Å². The maximum Gasteiger partial charge on any atom is 0.273 e. The maximum atomic E-state index is 11.3. The van der Waals surface area contributed by atoms with Crippen molar-refractivity contribution >= 4 is 16.8 Å². The molecule has 0 aliphatic heterocycles. The lowest BCUT2D eigenvalue weighted by molar-refractivity contribution is -0.385. The Balaban J connectivity index is 3.27. The quantitative estimate of drug-likeness (QED) is 0.567. The van der Waals surface area contributed by atoms with Gasteiger partial charge in [-0.05, 0) is 13.0 Å². The van der Waals surface area contributed by atoms with Crippen molar-refractivity contribution in [2.24, 2.45) is 0 Å². The van der Waals surface area contributed by atoms with Crippen LogP contribution in [0.2, 0.25) is 0 Å². The van der Waals surface area contributed by atoms with E-state index in [2.05, 4.69) is 4.18 Å². The SMILES string of the molecule is COS(=O)c1cccc([N+](=O)[O-])c1C. The van der Waals surface area contributed by atoms with Gasteiger partial charge in [-0.3, -0.25) is 14.3 Å². The molecule has 1 unspecified atom stereocenters. The van der Waals surface area contributed by atoms with Gasteiger partial charge in [-0.2, -0.15) is 0 Å². The first-order valence-electron chi connectivity index (χ1n) is 3.78. The predicted molar refractivity (Wildman–Crippen MR) is 51.3 cm³/mol. The molecule has 0 amide bonds. The van der Waals surface area contributed by atoms with E-state index >= 15 is 0 Å². The molecule has 0 N–H and O–H groups in total. The third-order valence-corrected chi connectivity index (χ3v) is 2.89. The molecular formula is C8H9NO4S. The molecular weight excluding hydrogens is 206 g/mol. The Morgan fingerprint density at radius 3 is 2.64 bits per heavy atom. The van der Waals surface area contributed by atoms with Gasteiger partial charge in [-0.1, -0.05) is 6.07 Å². The summed E-state index contributed by atoms with van der Waals surface area (Å²) in [7, 11) is 1.29. The summed E-state index contributed by atoms with van der Waals surface area (Å²) in [6, 6.07) is 4.39. The number of hydrogen-bond donors (Lipinski definition) is 0. The molecule has 0 spiro atoms. The fourth-order valence-corrected chi connectivity index (χ4v) is 1.79. The van der Waals surface area contributed by atoms with Crippen molar-refractivity contribution in [1.29, 1.82) is 0 Å². The van der Waals surface area contributed by atoms with Gasteiger partial charge in [0, 0.05) is 11.6 Å². The molecule has 1 rings (SSSR count). The zero-order valence-electron chi connectivity index (χ0n) is 7.72. The summed E-state index contributed by atoms with van der Waals surface area (Å²) < 4.78 is 15.9. The van der Waals surface area contributed by atoms with E-state index in [1.165, 1.54) is 19.2 Å². The van der Waals surface area contributed by atoms with Crippen molar-refractivity contribution in [3.05, 3.63) is 33.9 Å². The van der Waals surface area contributed by atoms with Gasteiger partial charge in [0.1, 0.15) is 0 Å². The van der Waals surface area contributed by atoms with Crippen LogP contribution in [0.25, 0.3) is 0 Å². The minimum absolute atomic E-state index is 0.0482. The molecule has 1 aromatic rings. The van der Waals surface area contributed by atoms with Crippen molar-refractivity contribution in [2.75, 3.05) is 7.11 Å². The van der Waals surface area contributed by atoms with Crippen LogP contribution in [0.4, 0.5) is 5.69 Å². The molecule has 14 heavy (non-hydrogen) atoms. The highest BCUT2D eigenvalue weighted by Crippen LogP contribution is 2.23. The van der Waals surface area contributed by atoms with E-state index < -0.39 is 16.0 Å². The molecule has 0 bridgehead atoms. The lowest BCUT2D eigenvalue weighted by Crippen LogP contribution is -1.99. The molecule has 0 aliphatic rings. The number of hydrogen-bond acceptors (Lipinski definition) is 4. The van der Waals surface area contributed by atoms with Gasteiger partial charge >= 0.3 is 0 Å². The number of rotatable bonds is 3. The third-order valence-electron chi connectivity index (χ3n) is 1.78. The summed E-state index contributed by atoms with van der Waals surface area (Å²) in [6.07, 6.45) is 0. The van der Waals surface area contributed by atoms with Crippen molar-refractivity contribution in [3.63, 3.8) is 0 Å². The van der Waals surface area contributed by atoms with Crippen LogP contribution in [0, 0.1) is 17.0 Å². The highest BCUT2D eigenvalue weighted by Gasteiger charge is 2.16. The zero-order chi connectivity index (χ0) is 10.7. The second-order valence-electron chi connectivity index (χ2n) is 2.56. The maximum absolute atomic E-state index is 11.3. The van der Waals surface area contributed by atoms with Crippen molar-refractivity contribution in [3.8, 4) is 0 Å². The fourth-order valence-electron chi connectivity index (χ4n) is 1.07. The van der Waals surface area contributed by atoms with Crippen LogP contribution in [0.15, 0.2) is 23.1 Å². The molecule has 1 atom stereocenters. The molecule has 0 saturated carbocycles. The van der Waals surface area contributed by atoms with E-state index in [0.29, 0.717) is 10.5 Å².